The van der Waals surface area contributed by atoms with Gasteiger partial charge in [-0.2, -0.15) is 0 Å². The Balaban J connectivity index is 1.60. The molecule has 0 radical (unpaired) electrons. The molecule has 0 saturated heterocycles. The predicted molar refractivity (Wildman–Crippen MR) is 142 cm³/mol. The molecule has 0 spiro atoms. The number of urea groups is 1. The Labute approximate surface area is 219 Å². The number of nitrogens with zero attached hydrogens (tertiary/aromatic N) is 2. The van der Waals surface area contributed by atoms with Crippen LogP contribution in [0.5, 0.6) is 0 Å². The molecule has 1 atom stereocenters. The van der Waals surface area contributed by atoms with Crippen molar-refractivity contribution in [1.29, 1.82) is 0 Å². The Kier molecular flexibility index (Phi) is 7.80. The third-order valence-electron chi connectivity index (χ3n) is 5.35. The molecule has 1 heterocycles. The lowest BCUT2D eigenvalue weighted by atomic mass is 10.1. The lowest BCUT2D eigenvalue weighted by molar-refractivity contribution is 0.241. The van der Waals surface area contributed by atoms with Gasteiger partial charge in [0.25, 0.3) is 10.0 Å². The van der Waals surface area contributed by atoms with Crippen LogP contribution in [0.2, 0.25) is 5.02 Å². The minimum absolute atomic E-state index is 0.0904. The van der Waals surface area contributed by atoms with Crippen LogP contribution < -0.4 is 15.4 Å². The first kappa shape index (κ1) is 25.8. The summed E-state index contributed by atoms with van der Waals surface area (Å²) in [4.78, 5) is 17.3. The lowest BCUT2D eigenvalue weighted by Gasteiger charge is -2.21. The van der Waals surface area contributed by atoms with Crippen LogP contribution in [0.15, 0.2) is 109 Å². The molecular weight excluding hydrogens is 514 g/mol. The van der Waals surface area contributed by atoms with Gasteiger partial charge in [-0.15, -0.1) is 0 Å². The standard InChI is InChI=1S/C26H24ClN5O4S/c1-18(33)29-21-9-11-22(12-10-21)32-16-15-28-25(32)24(17-19-5-3-2-4-6-19)30-26(34)31-37(35,36)23-13-7-20(27)8-14-23/h2-16,24,29,33H,1,17H2,(H2,30,31,34)/t24-/m0/s1. The van der Waals surface area contributed by atoms with Crippen molar-refractivity contribution in [2.75, 3.05) is 5.32 Å². The van der Waals surface area contributed by atoms with Gasteiger partial charge in [-0.1, -0.05) is 41.9 Å². The molecule has 4 rings (SSSR count). The van der Waals surface area contributed by atoms with E-state index in [4.69, 9.17) is 11.6 Å². The maximum Gasteiger partial charge on any atom is 0.329 e. The monoisotopic (exact) mass is 537 g/mol. The third-order valence-corrected chi connectivity index (χ3v) is 6.95. The summed E-state index contributed by atoms with van der Waals surface area (Å²) < 4.78 is 29.3. The van der Waals surface area contributed by atoms with Crippen LogP contribution in [0, 0.1) is 0 Å². The molecule has 0 fully saturated rings. The van der Waals surface area contributed by atoms with Crippen LogP contribution in [0.1, 0.15) is 17.4 Å². The topological polar surface area (TPSA) is 125 Å². The van der Waals surface area contributed by atoms with E-state index in [1.165, 1.54) is 24.3 Å². The highest BCUT2D eigenvalue weighted by atomic mass is 35.5. The molecule has 1 aromatic heterocycles. The first-order chi connectivity index (χ1) is 17.7. The quantitative estimate of drug-likeness (QED) is 0.224. The Morgan fingerprint density at radius 1 is 1.03 bits per heavy atom. The van der Waals surface area contributed by atoms with Gasteiger partial charge in [0.2, 0.25) is 0 Å². The van der Waals surface area contributed by atoms with Crippen LogP contribution in [0.3, 0.4) is 0 Å². The molecule has 0 saturated carbocycles. The number of imidazole rings is 1. The average Bonchev–Trinajstić information content (AvgIpc) is 3.34. The summed E-state index contributed by atoms with van der Waals surface area (Å²) in [5.41, 5.74) is 2.31. The van der Waals surface area contributed by atoms with Crippen molar-refractivity contribution in [3.63, 3.8) is 0 Å². The van der Waals surface area contributed by atoms with Crippen LogP contribution >= 0.6 is 11.6 Å². The first-order valence-corrected chi connectivity index (χ1v) is 13.0. The number of halogens is 1. The summed E-state index contributed by atoms with van der Waals surface area (Å²) in [6, 6.07) is 20.5. The van der Waals surface area contributed by atoms with Gasteiger partial charge in [0, 0.05) is 28.8 Å². The number of sulfonamides is 1. The van der Waals surface area contributed by atoms with Crippen LogP contribution in [0.4, 0.5) is 10.5 Å². The highest BCUT2D eigenvalue weighted by Gasteiger charge is 2.24. The number of anilines is 1. The van der Waals surface area contributed by atoms with Gasteiger partial charge in [-0.05, 0) is 67.1 Å². The largest absolute Gasteiger partial charge is 0.495 e. The summed E-state index contributed by atoms with van der Waals surface area (Å²) in [6.45, 7) is 3.41. The molecule has 190 valence electrons. The van der Waals surface area contributed by atoms with Gasteiger partial charge >= 0.3 is 6.03 Å². The third kappa shape index (κ3) is 6.69. The molecule has 0 unspecified atom stereocenters. The number of hydrogen-bond donors (Lipinski definition) is 4. The molecular formula is C26H24ClN5O4S. The van der Waals surface area contributed by atoms with Crippen molar-refractivity contribution in [2.24, 2.45) is 0 Å². The van der Waals surface area contributed by atoms with E-state index in [-0.39, 0.29) is 10.8 Å². The minimum atomic E-state index is -4.12. The molecule has 9 nitrogen and oxygen atoms in total. The normalized spacial score (nSPS) is 11.9. The van der Waals surface area contributed by atoms with E-state index < -0.39 is 22.1 Å². The number of aliphatic hydroxyl groups is 1. The molecule has 4 aromatic rings. The minimum Gasteiger partial charge on any atom is -0.495 e. The zero-order valence-corrected chi connectivity index (χ0v) is 21.1. The number of benzene rings is 3. The number of aliphatic hydroxyl groups excluding tert-OH is 1. The van der Waals surface area contributed by atoms with Gasteiger partial charge in [-0.25, -0.2) is 22.9 Å². The van der Waals surface area contributed by atoms with E-state index in [1.807, 2.05) is 30.3 Å². The van der Waals surface area contributed by atoms with E-state index in [0.717, 1.165) is 11.3 Å². The van der Waals surface area contributed by atoms with Crippen molar-refractivity contribution >= 4 is 33.3 Å². The summed E-state index contributed by atoms with van der Waals surface area (Å²) in [7, 11) is -4.12. The molecule has 3 aromatic carbocycles. The fourth-order valence-electron chi connectivity index (χ4n) is 3.70. The van der Waals surface area contributed by atoms with E-state index >= 15 is 0 Å². The van der Waals surface area contributed by atoms with Gasteiger partial charge in [-0.3, -0.25) is 0 Å². The first-order valence-electron chi connectivity index (χ1n) is 11.1. The molecule has 0 aliphatic carbocycles. The van der Waals surface area contributed by atoms with Gasteiger partial charge in [0.1, 0.15) is 5.82 Å². The highest BCUT2D eigenvalue weighted by molar-refractivity contribution is 7.90. The number of hydrogen-bond acceptors (Lipinski definition) is 6. The van der Waals surface area contributed by atoms with Crippen LogP contribution in [0.25, 0.3) is 5.69 Å². The van der Waals surface area contributed by atoms with Gasteiger partial charge in [0.15, 0.2) is 5.88 Å². The number of rotatable bonds is 9. The maximum absolute atomic E-state index is 12.9. The Hall–Kier alpha value is -4.28. The fraction of sp³-hybridized carbons (Fsp3) is 0.0769. The molecule has 0 bridgehead atoms. The van der Waals surface area contributed by atoms with E-state index in [2.05, 4.69) is 26.9 Å². The molecule has 0 aliphatic heterocycles. The van der Waals surface area contributed by atoms with Crippen molar-refractivity contribution in [1.82, 2.24) is 19.6 Å². The van der Waals surface area contributed by atoms with Gasteiger partial charge < -0.3 is 20.3 Å². The summed E-state index contributed by atoms with van der Waals surface area (Å²) >= 11 is 5.84. The van der Waals surface area contributed by atoms with Crippen molar-refractivity contribution in [3.05, 3.63) is 120 Å². The van der Waals surface area contributed by atoms with Crippen molar-refractivity contribution in [2.45, 2.75) is 17.4 Å². The Morgan fingerprint density at radius 2 is 1.70 bits per heavy atom. The molecule has 11 heteroatoms. The molecule has 2 amide bonds. The zero-order chi connectivity index (χ0) is 26.4. The second kappa shape index (κ2) is 11.2. The van der Waals surface area contributed by atoms with E-state index in [0.29, 0.717) is 23.0 Å². The number of carbonyl (C=O) groups excluding carboxylic acids is 1. The Morgan fingerprint density at radius 3 is 2.35 bits per heavy atom. The highest BCUT2D eigenvalue weighted by Crippen LogP contribution is 2.23. The second-order valence-corrected chi connectivity index (χ2v) is 10.2. The second-order valence-electron chi connectivity index (χ2n) is 8.05. The van der Waals surface area contributed by atoms with Crippen LogP contribution in [-0.2, 0) is 16.4 Å². The predicted octanol–water partition coefficient (Wildman–Crippen LogP) is 4.94. The maximum atomic E-state index is 12.9. The van der Waals surface area contributed by atoms with E-state index in [9.17, 15) is 18.3 Å². The number of aromatic nitrogens is 2. The van der Waals surface area contributed by atoms with Crippen molar-refractivity contribution < 1.29 is 18.3 Å². The summed E-state index contributed by atoms with van der Waals surface area (Å²) in [5, 5.41) is 15.2. The molecule has 4 N–H and O–H groups in total. The number of nitrogens with one attached hydrogen (secondary N) is 3. The number of carbonyl (C=O) groups is 1. The van der Waals surface area contributed by atoms with Crippen molar-refractivity contribution in [3.8, 4) is 5.69 Å². The smallest absolute Gasteiger partial charge is 0.329 e. The molecule has 37 heavy (non-hydrogen) atoms. The molecule has 0 aliphatic rings. The Bertz CT molecular complexity index is 1490. The SMILES string of the molecule is C=C(O)Nc1ccc(-n2ccnc2[C@H](Cc2ccccc2)NC(=O)NS(=O)(=O)c2ccc(Cl)cc2)cc1. The zero-order valence-electron chi connectivity index (χ0n) is 19.5. The number of amides is 2. The fourth-order valence-corrected chi connectivity index (χ4v) is 4.74. The van der Waals surface area contributed by atoms with E-state index in [1.54, 1.807) is 41.2 Å². The van der Waals surface area contributed by atoms with Crippen LogP contribution in [-0.4, -0.2) is 29.1 Å². The average molecular weight is 538 g/mol. The summed E-state index contributed by atoms with van der Waals surface area (Å²) in [5.74, 6) is 0.318. The van der Waals surface area contributed by atoms with Gasteiger partial charge in [0.05, 0.1) is 10.9 Å². The summed E-state index contributed by atoms with van der Waals surface area (Å²) in [6.07, 6.45) is 3.69. The lowest BCUT2D eigenvalue weighted by Crippen LogP contribution is -2.42.